The molecule has 0 saturated heterocycles. The number of hydrogen-bond acceptors (Lipinski definition) is 10. The summed E-state index contributed by atoms with van der Waals surface area (Å²) in [6.07, 6.45) is -1.14. The summed E-state index contributed by atoms with van der Waals surface area (Å²) in [5, 5.41) is 35.7. The summed E-state index contributed by atoms with van der Waals surface area (Å²) in [4.78, 5) is 50.7. The van der Waals surface area contributed by atoms with Gasteiger partial charge in [-0.05, 0) is 46.4 Å². The standard InChI is InChI=1S/C19H26N2O9.2Na/c1-5-29-18(27)13-9(3)20-10(4)14(19(28)30-6-2)15(13)16(24)21-11(17(25)26)7-8-12(22)23;;/h11,15,20H,5-8H2,1-4H3,(H,21,24)(H,22,23)(H,25,26);;/q;2*+1/p-2/t11-;;/m0../s1. The molecule has 0 saturated carbocycles. The molecule has 1 rings (SSSR count). The Morgan fingerprint density at radius 3 is 1.78 bits per heavy atom. The summed E-state index contributed by atoms with van der Waals surface area (Å²) in [5.41, 5.74) is 0.0508. The van der Waals surface area contributed by atoms with Crippen molar-refractivity contribution in [3.8, 4) is 0 Å². The molecule has 0 aromatic heterocycles. The van der Waals surface area contributed by atoms with Crippen molar-refractivity contribution in [2.24, 2.45) is 10.9 Å². The molecule has 0 aromatic rings. The van der Waals surface area contributed by atoms with Gasteiger partial charge in [-0.2, -0.15) is 0 Å². The normalized spacial score (nSPS) is 15.1. The number of esters is 2. The predicted octanol–water partition coefficient (Wildman–Crippen LogP) is -7.37. The molecule has 11 nitrogen and oxygen atoms in total. The molecule has 0 aliphatic carbocycles. The van der Waals surface area contributed by atoms with E-state index in [1.807, 2.05) is 0 Å². The molecule has 2 N–H and O–H groups in total. The number of nitrogens with one attached hydrogen (secondary N) is 1. The molecule has 1 heterocycles. The fourth-order valence-electron chi connectivity index (χ4n) is 2.93. The average Bonchev–Trinajstić information content (AvgIpc) is 2.63. The van der Waals surface area contributed by atoms with Crippen LogP contribution in [0.4, 0.5) is 0 Å². The van der Waals surface area contributed by atoms with Crippen molar-refractivity contribution in [2.75, 3.05) is 13.2 Å². The zero-order chi connectivity index (χ0) is 23.0. The SMILES string of the molecule is CCOC(=O)C1=C(C)NC(C)=C(C(=O)OCC)C1C([O-])=N[C@@H](CCC(=O)[O-])C(=O)O.[Na+].[Na+]. The van der Waals surface area contributed by atoms with Crippen LogP contribution in [-0.4, -0.2) is 54.1 Å². The summed E-state index contributed by atoms with van der Waals surface area (Å²) >= 11 is 0. The Kier molecular flexibility index (Phi) is 15.9. The summed E-state index contributed by atoms with van der Waals surface area (Å²) in [5.74, 6) is -7.47. The van der Waals surface area contributed by atoms with Gasteiger partial charge < -0.3 is 34.9 Å². The molecule has 0 bridgehead atoms. The van der Waals surface area contributed by atoms with E-state index in [9.17, 15) is 34.5 Å². The predicted molar refractivity (Wildman–Crippen MR) is 98.4 cm³/mol. The van der Waals surface area contributed by atoms with Gasteiger partial charge in [-0.1, -0.05) is 0 Å². The van der Waals surface area contributed by atoms with E-state index in [2.05, 4.69) is 10.3 Å². The Hall–Kier alpha value is -1.37. The molecule has 0 unspecified atom stereocenters. The molecular weight excluding hydrogens is 446 g/mol. The van der Waals surface area contributed by atoms with Crippen LogP contribution in [0.1, 0.15) is 40.5 Å². The average molecular weight is 470 g/mol. The third kappa shape index (κ3) is 8.87. The van der Waals surface area contributed by atoms with Gasteiger partial charge in [-0.15, -0.1) is 0 Å². The molecule has 13 heteroatoms. The second-order valence-corrected chi connectivity index (χ2v) is 6.31. The van der Waals surface area contributed by atoms with Crippen molar-refractivity contribution < 1.29 is 103 Å². The number of aliphatic imine (C=N–C) groups is 1. The molecule has 1 aliphatic heterocycles. The van der Waals surface area contributed by atoms with E-state index in [1.54, 1.807) is 13.8 Å². The Bertz CT molecular complexity index is 782. The van der Waals surface area contributed by atoms with E-state index >= 15 is 0 Å². The number of allylic oxidation sites excluding steroid dienone is 2. The van der Waals surface area contributed by atoms with Crippen LogP contribution >= 0.6 is 0 Å². The van der Waals surface area contributed by atoms with Crippen molar-refractivity contribution in [1.29, 1.82) is 0 Å². The Morgan fingerprint density at radius 1 is 1.00 bits per heavy atom. The monoisotopic (exact) mass is 470 g/mol. The fraction of sp³-hybridized carbons (Fsp3) is 0.526. The number of nitrogens with zero attached hydrogens (tertiary/aromatic N) is 1. The third-order valence-corrected chi connectivity index (χ3v) is 4.19. The van der Waals surface area contributed by atoms with Crippen LogP contribution in [0.25, 0.3) is 0 Å². The first-order valence-electron chi connectivity index (χ1n) is 9.25. The van der Waals surface area contributed by atoms with E-state index in [1.165, 1.54) is 13.8 Å². The minimum Gasteiger partial charge on any atom is -0.861 e. The molecule has 0 radical (unpaired) electrons. The van der Waals surface area contributed by atoms with Crippen LogP contribution in [0.3, 0.4) is 0 Å². The van der Waals surface area contributed by atoms with Gasteiger partial charge in [0.05, 0.1) is 30.3 Å². The summed E-state index contributed by atoms with van der Waals surface area (Å²) in [7, 11) is 0. The van der Waals surface area contributed by atoms with Crippen LogP contribution < -0.4 is 74.6 Å². The maximum atomic E-state index is 13.0. The minimum atomic E-state index is -1.70. The van der Waals surface area contributed by atoms with Crippen molar-refractivity contribution >= 4 is 29.8 Å². The maximum Gasteiger partial charge on any atom is 1.00 e. The fourth-order valence-corrected chi connectivity index (χ4v) is 2.93. The van der Waals surface area contributed by atoms with E-state index in [4.69, 9.17) is 9.47 Å². The number of rotatable bonds is 10. The van der Waals surface area contributed by atoms with Gasteiger partial charge in [0.15, 0.2) is 0 Å². The van der Waals surface area contributed by atoms with Gasteiger partial charge in [0.2, 0.25) is 0 Å². The molecule has 166 valence electrons. The van der Waals surface area contributed by atoms with Gasteiger partial charge in [-0.25, -0.2) is 14.4 Å². The van der Waals surface area contributed by atoms with Crippen molar-refractivity contribution in [2.45, 2.75) is 46.6 Å². The summed E-state index contributed by atoms with van der Waals surface area (Å²) < 4.78 is 9.96. The number of carboxylic acid groups (broad SMARTS) is 2. The Labute approximate surface area is 229 Å². The number of ether oxygens (including phenoxy) is 2. The number of carboxylic acids is 2. The minimum absolute atomic E-state index is 0. The zero-order valence-electron chi connectivity index (χ0n) is 19.1. The first-order chi connectivity index (χ1) is 14.0. The Balaban J connectivity index is 0. The van der Waals surface area contributed by atoms with Crippen molar-refractivity contribution in [3.63, 3.8) is 0 Å². The summed E-state index contributed by atoms with van der Waals surface area (Å²) in [6, 6.07) is -1.70. The maximum absolute atomic E-state index is 13.0. The first-order valence-corrected chi connectivity index (χ1v) is 9.25. The smallest absolute Gasteiger partial charge is 0.861 e. The van der Waals surface area contributed by atoms with Gasteiger partial charge in [0, 0.05) is 17.4 Å². The largest absolute Gasteiger partial charge is 1.00 e. The molecule has 0 amide bonds. The van der Waals surface area contributed by atoms with Crippen LogP contribution in [-0.2, 0) is 28.7 Å². The van der Waals surface area contributed by atoms with Gasteiger partial charge in [0.1, 0.15) is 6.04 Å². The number of dihydropyridines is 1. The number of hydrogen-bond donors (Lipinski definition) is 2. The molecule has 0 aromatic carbocycles. The van der Waals surface area contributed by atoms with E-state index in [0.29, 0.717) is 0 Å². The van der Waals surface area contributed by atoms with Gasteiger partial charge in [-0.3, -0.25) is 4.99 Å². The summed E-state index contributed by atoms with van der Waals surface area (Å²) in [6.45, 7) is 6.08. The Morgan fingerprint density at radius 2 is 1.44 bits per heavy atom. The molecule has 0 spiro atoms. The van der Waals surface area contributed by atoms with Gasteiger partial charge >= 0.3 is 77.0 Å². The second kappa shape index (κ2) is 15.5. The van der Waals surface area contributed by atoms with Gasteiger partial charge in [0.25, 0.3) is 0 Å². The van der Waals surface area contributed by atoms with E-state index in [-0.39, 0.29) is 94.9 Å². The van der Waals surface area contributed by atoms with Crippen molar-refractivity contribution in [3.05, 3.63) is 22.5 Å². The van der Waals surface area contributed by atoms with Crippen molar-refractivity contribution in [1.82, 2.24) is 5.32 Å². The molecule has 0 fully saturated rings. The van der Waals surface area contributed by atoms with E-state index in [0.717, 1.165) is 0 Å². The number of carbonyl (C=O) groups excluding carboxylic acids is 3. The molecular formula is C19H24N2Na2O9. The van der Waals surface area contributed by atoms with Crippen LogP contribution in [0.2, 0.25) is 0 Å². The number of carbonyl (C=O) groups is 4. The zero-order valence-corrected chi connectivity index (χ0v) is 23.1. The first kappa shape index (κ1) is 32.8. The van der Waals surface area contributed by atoms with Crippen LogP contribution in [0.15, 0.2) is 27.5 Å². The van der Waals surface area contributed by atoms with E-state index < -0.39 is 54.6 Å². The number of aliphatic carboxylic acids is 2. The molecule has 1 aliphatic rings. The van der Waals surface area contributed by atoms with Crippen LogP contribution in [0, 0.1) is 5.92 Å². The van der Waals surface area contributed by atoms with Crippen LogP contribution in [0.5, 0.6) is 0 Å². The molecule has 32 heavy (non-hydrogen) atoms. The quantitative estimate of drug-likeness (QED) is 0.135. The second-order valence-electron chi connectivity index (χ2n) is 6.31. The topological polar surface area (TPSA) is 177 Å². The third-order valence-electron chi connectivity index (χ3n) is 4.19. The molecule has 1 atom stereocenters.